The van der Waals surface area contributed by atoms with Gasteiger partial charge >= 0.3 is 0 Å². The van der Waals surface area contributed by atoms with Crippen molar-refractivity contribution in [1.29, 1.82) is 0 Å². The Kier molecular flexibility index (Phi) is 8.18. The summed E-state index contributed by atoms with van der Waals surface area (Å²) in [4.78, 5) is 4.45. The average Bonchev–Trinajstić information content (AvgIpc) is 3.34. The number of nitrogens with one attached hydrogen (secondary N) is 1. The van der Waals surface area contributed by atoms with Gasteiger partial charge in [0.2, 0.25) is 21.9 Å². The Morgan fingerprint density at radius 2 is 1.62 bits per heavy atom. The summed E-state index contributed by atoms with van der Waals surface area (Å²) in [5.41, 5.74) is 0.774. The number of hydrogen-bond acceptors (Lipinski definition) is 9. The molecular formula is C25H33N5O6S. The van der Waals surface area contributed by atoms with E-state index in [2.05, 4.69) is 19.9 Å². The van der Waals surface area contributed by atoms with Crippen LogP contribution in [0.4, 0.5) is 5.95 Å². The quantitative estimate of drug-likeness (QED) is 0.403. The molecule has 0 aliphatic heterocycles. The predicted molar refractivity (Wildman–Crippen MR) is 139 cm³/mol. The van der Waals surface area contributed by atoms with Crippen molar-refractivity contribution in [3.8, 4) is 34.6 Å². The lowest BCUT2D eigenvalue weighted by molar-refractivity contribution is 0.0841. The van der Waals surface area contributed by atoms with Gasteiger partial charge in [0.05, 0.1) is 27.4 Å². The predicted octanol–water partition coefficient (Wildman–Crippen LogP) is 3.43. The molecule has 0 radical (unpaired) electrons. The number of ether oxygens (including phenoxy) is 3. The summed E-state index contributed by atoms with van der Waals surface area (Å²) < 4.78 is 47.4. The molecular weight excluding hydrogens is 498 g/mol. The molecule has 0 spiro atoms. The third-order valence-electron chi connectivity index (χ3n) is 6.79. The van der Waals surface area contributed by atoms with Gasteiger partial charge < -0.3 is 19.3 Å². The van der Waals surface area contributed by atoms with E-state index in [1.807, 2.05) is 0 Å². The summed E-state index contributed by atoms with van der Waals surface area (Å²) in [5.74, 6) is 1.23. The first-order valence-electron chi connectivity index (χ1n) is 12.2. The molecule has 11 nitrogen and oxygen atoms in total. The lowest BCUT2D eigenvalue weighted by atomic mass is 9.84. The first-order valence-corrected chi connectivity index (χ1v) is 13.7. The summed E-state index contributed by atoms with van der Waals surface area (Å²) in [7, 11) is 0.433. The standard InChI is InChI=1S/C25H33N5O6S/c1-16(23(31)17-10-6-5-7-11-17)37(32,33)29-25-28-27-24(18-12-8-15-21(26-18)36-4)30(25)22-19(34-2)13-9-14-20(22)35-3/h8-9,12-17,23,31H,5-7,10-11H2,1-4H3,(H,28,29)/t16?,23-/m0/s1. The van der Waals surface area contributed by atoms with Crippen molar-refractivity contribution in [3.63, 3.8) is 0 Å². The second-order valence-electron chi connectivity index (χ2n) is 9.00. The summed E-state index contributed by atoms with van der Waals surface area (Å²) in [6, 6.07) is 10.3. The van der Waals surface area contributed by atoms with Gasteiger partial charge in [-0.25, -0.2) is 13.4 Å². The van der Waals surface area contributed by atoms with Gasteiger partial charge in [-0.15, -0.1) is 10.2 Å². The number of aromatic nitrogens is 4. The molecule has 0 saturated heterocycles. The molecule has 1 aromatic carbocycles. The van der Waals surface area contributed by atoms with E-state index < -0.39 is 21.4 Å². The van der Waals surface area contributed by atoms with Crippen molar-refractivity contribution in [2.75, 3.05) is 26.1 Å². The van der Waals surface area contributed by atoms with Crippen LogP contribution in [0.2, 0.25) is 0 Å². The summed E-state index contributed by atoms with van der Waals surface area (Å²) in [6.07, 6.45) is 3.69. The zero-order valence-electron chi connectivity index (χ0n) is 21.4. The smallest absolute Gasteiger partial charge is 0.243 e. The highest BCUT2D eigenvalue weighted by molar-refractivity contribution is 7.93. The van der Waals surface area contributed by atoms with E-state index >= 15 is 0 Å². The van der Waals surface area contributed by atoms with Crippen molar-refractivity contribution < 1.29 is 27.7 Å². The van der Waals surface area contributed by atoms with Crippen LogP contribution in [0, 0.1) is 5.92 Å². The molecule has 1 aliphatic carbocycles. The molecule has 2 heterocycles. The third kappa shape index (κ3) is 5.49. The Balaban J connectivity index is 1.81. The lowest BCUT2D eigenvalue weighted by Crippen LogP contribution is -2.41. The summed E-state index contributed by atoms with van der Waals surface area (Å²) in [6.45, 7) is 1.51. The van der Waals surface area contributed by atoms with Gasteiger partial charge in [0.1, 0.15) is 28.1 Å². The number of aliphatic hydroxyl groups is 1. The van der Waals surface area contributed by atoms with Gasteiger partial charge in [-0.1, -0.05) is 31.4 Å². The number of methoxy groups -OCH3 is 3. The second kappa shape index (κ2) is 11.3. The first-order chi connectivity index (χ1) is 17.8. The van der Waals surface area contributed by atoms with Gasteiger partial charge in [0.25, 0.3) is 0 Å². The Hall–Kier alpha value is -3.38. The van der Waals surface area contributed by atoms with Crippen LogP contribution in [-0.4, -0.2) is 66.0 Å². The van der Waals surface area contributed by atoms with E-state index in [1.54, 1.807) is 36.4 Å². The molecule has 12 heteroatoms. The third-order valence-corrected chi connectivity index (χ3v) is 8.51. The Morgan fingerprint density at radius 3 is 2.24 bits per heavy atom. The van der Waals surface area contributed by atoms with E-state index in [0.29, 0.717) is 28.8 Å². The monoisotopic (exact) mass is 531 g/mol. The van der Waals surface area contributed by atoms with Gasteiger partial charge in [-0.2, -0.15) is 0 Å². The molecule has 0 bridgehead atoms. The molecule has 2 atom stereocenters. The van der Waals surface area contributed by atoms with Crippen molar-refractivity contribution in [2.24, 2.45) is 5.92 Å². The molecule has 0 amide bonds. The number of rotatable bonds is 10. The fourth-order valence-electron chi connectivity index (χ4n) is 4.70. The van der Waals surface area contributed by atoms with Crippen LogP contribution in [0.3, 0.4) is 0 Å². The normalized spacial score (nSPS) is 16.1. The maximum atomic E-state index is 13.5. The number of anilines is 1. The lowest BCUT2D eigenvalue weighted by Gasteiger charge is -2.30. The van der Waals surface area contributed by atoms with E-state index in [4.69, 9.17) is 14.2 Å². The van der Waals surface area contributed by atoms with Crippen LogP contribution < -0.4 is 18.9 Å². The maximum Gasteiger partial charge on any atom is 0.243 e. The van der Waals surface area contributed by atoms with Gasteiger partial charge in [-0.3, -0.25) is 9.29 Å². The maximum absolute atomic E-state index is 13.5. The highest BCUT2D eigenvalue weighted by Gasteiger charge is 2.36. The largest absolute Gasteiger partial charge is 0.494 e. The number of benzene rings is 1. The first kappa shape index (κ1) is 26.7. The van der Waals surface area contributed by atoms with Crippen LogP contribution >= 0.6 is 0 Å². The minimum Gasteiger partial charge on any atom is -0.494 e. The SMILES string of the molecule is COc1cccc(-c2nnc(NS(=O)(=O)C(C)[C@H](O)C3CCCCC3)n2-c2c(OC)cccc2OC)n1. The molecule has 200 valence electrons. The van der Waals surface area contributed by atoms with Crippen LogP contribution in [0.5, 0.6) is 17.4 Å². The van der Waals surface area contributed by atoms with E-state index in [0.717, 1.165) is 32.1 Å². The van der Waals surface area contributed by atoms with Gasteiger partial charge in [0.15, 0.2) is 5.82 Å². The van der Waals surface area contributed by atoms with Crippen LogP contribution in [-0.2, 0) is 10.0 Å². The average molecular weight is 532 g/mol. The minimum absolute atomic E-state index is 0.0657. The molecule has 37 heavy (non-hydrogen) atoms. The number of para-hydroxylation sites is 1. The zero-order valence-corrected chi connectivity index (χ0v) is 22.2. The van der Waals surface area contributed by atoms with Crippen molar-refractivity contribution in [3.05, 3.63) is 36.4 Å². The number of nitrogens with zero attached hydrogens (tertiary/aromatic N) is 4. The van der Waals surface area contributed by atoms with Gasteiger partial charge in [-0.05, 0) is 43.9 Å². The number of hydrogen-bond donors (Lipinski definition) is 2. The van der Waals surface area contributed by atoms with Crippen LogP contribution in [0.15, 0.2) is 36.4 Å². The summed E-state index contributed by atoms with van der Waals surface area (Å²) in [5, 5.41) is 18.3. The highest BCUT2D eigenvalue weighted by Crippen LogP contribution is 2.38. The minimum atomic E-state index is -4.06. The number of sulfonamides is 1. The second-order valence-corrected chi connectivity index (χ2v) is 11.0. The molecule has 4 rings (SSSR count). The van der Waals surface area contributed by atoms with Crippen LogP contribution in [0.1, 0.15) is 39.0 Å². The Labute approximate surface area is 216 Å². The van der Waals surface area contributed by atoms with Crippen molar-refractivity contribution >= 4 is 16.0 Å². The van der Waals surface area contributed by atoms with Crippen LogP contribution in [0.25, 0.3) is 17.2 Å². The molecule has 2 N–H and O–H groups in total. The fourth-order valence-corrected chi connectivity index (χ4v) is 5.86. The molecule has 1 saturated carbocycles. The molecule has 2 aromatic heterocycles. The fraction of sp³-hybridized carbons (Fsp3) is 0.480. The molecule has 1 aliphatic rings. The highest BCUT2D eigenvalue weighted by atomic mass is 32.2. The van der Waals surface area contributed by atoms with E-state index in [1.165, 1.54) is 32.8 Å². The van der Waals surface area contributed by atoms with E-state index in [9.17, 15) is 13.5 Å². The van der Waals surface area contributed by atoms with Gasteiger partial charge in [0, 0.05) is 6.07 Å². The van der Waals surface area contributed by atoms with E-state index in [-0.39, 0.29) is 17.7 Å². The molecule has 1 unspecified atom stereocenters. The number of pyridine rings is 1. The van der Waals surface area contributed by atoms with Crippen molar-refractivity contribution in [2.45, 2.75) is 50.4 Å². The topological polar surface area (TPSA) is 138 Å². The summed E-state index contributed by atoms with van der Waals surface area (Å²) >= 11 is 0. The van der Waals surface area contributed by atoms with Crippen molar-refractivity contribution in [1.82, 2.24) is 19.7 Å². The Bertz CT molecular complexity index is 1300. The zero-order chi connectivity index (χ0) is 26.6. The molecule has 3 aromatic rings. The Morgan fingerprint density at radius 1 is 0.973 bits per heavy atom. The molecule has 1 fully saturated rings. The number of aliphatic hydroxyl groups excluding tert-OH is 1.